The molecule has 2 aromatic heterocycles. The van der Waals surface area contributed by atoms with Crippen LogP contribution in [0.25, 0.3) is 20.8 Å². The third kappa shape index (κ3) is 5.33. The van der Waals surface area contributed by atoms with Crippen molar-refractivity contribution in [2.24, 2.45) is 7.05 Å². The van der Waals surface area contributed by atoms with Crippen molar-refractivity contribution in [2.75, 3.05) is 31.1 Å². The minimum atomic E-state index is -3.16. The molecular weight excluding hydrogens is 497 g/mol. The van der Waals surface area contributed by atoms with E-state index in [1.807, 2.05) is 19.2 Å². The minimum absolute atomic E-state index is 0.146. The second kappa shape index (κ2) is 10.4. The number of aromatic nitrogens is 3. The van der Waals surface area contributed by atoms with Crippen LogP contribution in [0.3, 0.4) is 0 Å². The van der Waals surface area contributed by atoms with E-state index in [0.29, 0.717) is 4.90 Å². The molecule has 0 aliphatic carbocycles. The van der Waals surface area contributed by atoms with Crippen molar-refractivity contribution < 1.29 is 8.42 Å². The zero-order valence-electron chi connectivity index (χ0n) is 20.1. The first kappa shape index (κ1) is 24.5. The zero-order chi connectivity index (χ0) is 24.4. The fourth-order valence-electron chi connectivity index (χ4n) is 4.53. The molecule has 5 rings (SSSR count). The number of nitrogens with zero attached hydrogens (tertiary/aromatic N) is 4. The normalized spacial score (nSPS) is 14.8. The molecule has 0 atom stereocenters. The first-order chi connectivity index (χ1) is 16.9. The van der Waals surface area contributed by atoms with Gasteiger partial charge in [-0.1, -0.05) is 43.0 Å². The second-order valence-corrected chi connectivity index (χ2v) is 13.3. The highest BCUT2D eigenvalue weighted by Crippen LogP contribution is 2.33. The molecular formula is C26H30N4O2S3. The maximum atomic E-state index is 12.3. The molecule has 1 aliphatic rings. The highest BCUT2D eigenvalue weighted by Gasteiger charge is 2.18. The summed E-state index contributed by atoms with van der Waals surface area (Å²) in [6.45, 7) is 4.71. The first-order valence-corrected chi connectivity index (χ1v) is 15.5. The highest BCUT2D eigenvalue weighted by atomic mass is 32.2. The van der Waals surface area contributed by atoms with Gasteiger partial charge < -0.3 is 9.47 Å². The Hall–Kier alpha value is -2.20. The van der Waals surface area contributed by atoms with E-state index in [0.717, 1.165) is 60.5 Å². The van der Waals surface area contributed by atoms with Gasteiger partial charge in [0.2, 0.25) is 0 Å². The van der Waals surface area contributed by atoms with E-state index in [1.54, 1.807) is 36.1 Å². The van der Waals surface area contributed by atoms with Gasteiger partial charge in [0.05, 0.1) is 15.5 Å². The fraction of sp³-hybridized carbons (Fsp3) is 0.385. The summed E-state index contributed by atoms with van der Waals surface area (Å²) in [6, 6.07) is 16.3. The van der Waals surface area contributed by atoms with E-state index >= 15 is 0 Å². The van der Waals surface area contributed by atoms with E-state index in [4.69, 9.17) is 0 Å². The molecule has 0 radical (unpaired) electrons. The minimum Gasteiger partial charge on any atom is -0.305 e. The number of hydrogen-bond acceptors (Lipinski definition) is 7. The number of thiophene rings is 1. The molecule has 0 bridgehead atoms. The lowest BCUT2D eigenvalue weighted by Gasteiger charge is -2.19. The maximum absolute atomic E-state index is 12.3. The molecule has 4 aromatic rings. The number of fused-ring (bicyclic) bond motifs is 2. The Kier molecular flexibility index (Phi) is 7.29. The molecule has 0 saturated heterocycles. The Morgan fingerprint density at radius 3 is 2.63 bits per heavy atom. The molecule has 35 heavy (non-hydrogen) atoms. The molecule has 0 fully saturated rings. The summed E-state index contributed by atoms with van der Waals surface area (Å²) in [5.74, 6) is 2.05. The number of hydrogen-bond donors (Lipinski definition) is 0. The van der Waals surface area contributed by atoms with Crippen molar-refractivity contribution >= 4 is 43.0 Å². The molecule has 0 saturated carbocycles. The van der Waals surface area contributed by atoms with E-state index in [-0.39, 0.29) is 5.75 Å². The van der Waals surface area contributed by atoms with Crippen molar-refractivity contribution in [3.63, 3.8) is 0 Å². The molecule has 184 valence electrons. The predicted octanol–water partition coefficient (Wildman–Crippen LogP) is 5.07. The average Bonchev–Trinajstić information content (AvgIpc) is 3.39. The molecule has 0 N–H and O–H groups in total. The van der Waals surface area contributed by atoms with Gasteiger partial charge in [-0.25, -0.2) is 8.42 Å². The Morgan fingerprint density at radius 1 is 1.03 bits per heavy atom. The molecule has 9 heteroatoms. The smallest absolute Gasteiger partial charge is 0.191 e. The van der Waals surface area contributed by atoms with Gasteiger partial charge >= 0.3 is 0 Å². The number of rotatable bonds is 8. The standard InChI is InChI=1S/C26H30N4O2S3/c1-3-35(31,32)22-10-9-19-11-14-30(15-12-20(19)17-22)13-6-16-33-26-28-27-25(29(26)2)24-18-21-7-4-5-8-23(21)34-24/h4-5,7-10,17-18H,3,6,11-16H2,1-2H3. The van der Waals surface area contributed by atoms with Crippen molar-refractivity contribution in [3.05, 3.63) is 59.7 Å². The van der Waals surface area contributed by atoms with E-state index < -0.39 is 9.84 Å². The summed E-state index contributed by atoms with van der Waals surface area (Å²) in [7, 11) is -1.11. The molecule has 1 aliphatic heterocycles. The van der Waals surface area contributed by atoms with Gasteiger partial charge in [0.15, 0.2) is 20.8 Å². The van der Waals surface area contributed by atoms with Crippen molar-refractivity contribution in [1.82, 2.24) is 19.7 Å². The lowest BCUT2D eigenvalue weighted by atomic mass is 10.0. The predicted molar refractivity (Wildman–Crippen MR) is 145 cm³/mol. The van der Waals surface area contributed by atoms with Gasteiger partial charge in [0.25, 0.3) is 0 Å². The van der Waals surface area contributed by atoms with Crippen LogP contribution in [0, 0.1) is 0 Å². The van der Waals surface area contributed by atoms with Crippen LogP contribution in [-0.2, 0) is 29.7 Å². The van der Waals surface area contributed by atoms with Gasteiger partial charge in [0, 0.05) is 30.6 Å². The van der Waals surface area contributed by atoms with Crippen LogP contribution < -0.4 is 0 Å². The van der Waals surface area contributed by atoms with Gasteiger partial charge in [-0.2, -0.15) is 0 Å². The van der Waals surface area contributed by atoms with Crippen LogP contribution in [0.4, 0.5) is 0 Å². The molecule has 0 spiro atoms. The van der Waals surface area contributed by atoms with Crippen molar-refractivity contribution in [2.45, 2.75) is 36.2 Å². The number of sulfone groups is 1. The van der Waals surface area contributed by atoms with Crippen LogP contribution >= 0.6 is 23.1 Å². The van der Waals surface area contributed by atoms with Crippen LogP contribution in [-0.4, -0.2) is 59.2 Å². The molecule has 6 nitrogen and oxygen atoms in total. The third-order valence-electron chi connectivity index (χ3n) is 6.64. The maximum Gasteiger partial charge on any atom is 0.191 e. The third-order valence-corrected chi connectivity index (χ3v) is 10.6. The molecule has 0 unspecified atom stereocenters. The van der Waals surface area contributed by atoms with Gasteiger partial charge in [-0.05, 0) is 66.6 Å². The van der Waals surface area contributed by atoms with Gasteiger partial charge in [-0.15, -0.1) is 21.5 Å². The summed E-state index contributed by atoms with van der Waals surface area (Å²) < 4.78 is 27.9. The largest absolute Gasteiger partial charge is 0.305 e. The van der Waals surface area contributed by atoms with Crippen LogP contribution in [0.2, 0.25) is 0 Å². The summed E-state index contributed by atoms with van der Waals surface area (Å²) in [5.41, 5.74) is 2.47. The summed E-state index contributed by atoms with van der Waals surface area (Å²) in [4.78, 5) is 4.10. The van der Waals surface area contributed by atoms with Crippen molar-refractivity contribution in [1.29, 1.82) is 0 Å². The fourth-order valence-corrected chi connectivity index (χ4v) is 7.38. The Labute approximate surface area is 215 Å². The number of thioether (sulfide) groups is 1. The number of benzene rings is 2. The lowest BCUT2D eigenvalue weighted by molar-refractivity contribution is 0.289. The van der Waals surface area contributed by atoms with E-state index in [1.165, 1.54) is 21.2 Å². The first-order valence-electron chi connectivity index (χ1n) is 12.0. The Balaban J connectivity index is 1.14. The molecule has 2 aromatic carbocycles. The molecule has 0 amide bonds. The van der Waals surface area contributed by atoms with E-state index in [9.17, 15) is 8.42 Å². The SMILES string of the molecule is CCS(=O)(=O)c1ccc2c(c1)CCN(CCCSc1nnc(-c3cc4ccccc4s3)n1C)CC2. The molecule has 3 heterocycles. The zero-order valence-corrected chi connectivity index (χ0v) is 22.6. The van der Waals surface area contributed by atoms with Gasteiger partial charge in [-0.3, -0.25) is 0 Å². The summed E-state index contributed by atoms with van der Waals surface area (Å²) in [6.07, 6.45) is 2.94. The van der Waals surface area contributed by atoms with Crippen molar-refractivity contribution in [3.8, 4) is 10.7 Å². The quantitative estimate of drug-likeness (QED) is 0.236. The Bertz CT molecular complexity index is 1410. The Morgan fingerprint density at radius 2 is 1.83 bits per heavy atom. The van der Waals surface area contributed by atoms with Crippen LogP contribution in [0.1, 0.15) is 24.5 Å². The summed E-state index contributed by atoms with van der Waals surface area (Å²) >= 11 is 3.51. The summed E-state index contributed by atoms with van der Waals surface area (Å²) in [5, 5.41) is 11.1. The van der Waals surface area contributed by atoms with Crippen LogP contribution in [0.5, 0.6) is 0 Å². The van der Waals surface area contributed by atoms with Crippen LogP contribution in [0.15, 0.2) is 58.6 Å². The topological polar surface area (TPSA) is 68.1 Å². The highest BCUT2D eigenvalue weighted by molar-refractivity contribution is 7.99. The van der Waals surface area contributed by atoms with Gasteiger partial charge in [0.1, 0.15) is 0 Å². The lowest BCUT2D eigenvalue weighted by Crippen LogP contribution is -2.27. The monoisotopic (exact) mass is 526 g/mol. The van der Waals surface area contributed by atoms with E-state index in [2.05, 4.69) is 50.0 Å². The average molecular weight is 527 g/mol. The second-order valence-electron chi connectivity index (χ2n) is 8.89.